The van der Waals surface area contributed by atoms with E-state index in [1.165, 1.54) is 19.1 Å². The van der Waals surface area contributed by atoms with Crippen molar-refractivity contribution in [3.8, 4) is 11.1 Å². The molecule has 3 rings (SSSR count). The van der Waals surface area contributed by atoms with Gasteiger partial charge >= 0.3 is 12.3 Å². The van der Waals surface area contributed by atoms with E-state index in [2.05, 4.69) is 0 Å². The molecule has 2 atom stereocenters. The van der Waals surface area contributed by atoms with Crippen molar-refractivity contribution in [3.05, 3.63) is 60.2 Å². The Morgan fingerprint density at radius 1 is 1.00 bits per heavy atom. The summed E-state index contributed by atoms with van der Waals surface area (Å²) in [5, 5.41) is 0. The zero-order valence-electron chi connectivity index (χ0n) is 13.2. The van der Waals surface area contributed by atoms with Crippen molar-refractivity contribution in [2.75, 3.05) is 7.05 Å². The Kier molecular flexibility index (Phi) is 3.78. The van der Waals surface area contributed by atoms with Crippen molar-refractivity contribution in [3.63, 3.8) is 0 Å². The molecule has 6 heteroatoms. The quantitative estimate of drug-likeness (QED) is 0.804. The molecular weight excluding hydrogens is 319 g/mol. The zero-order valence-corrected chi connectivity index (χ0v) is 13.2. The number of alkyl halides is 3. The van der Waals surface area contributed by atoms with Gasteiger partial charge in [-0.3, -0.25) is 4.90 Å². The summed E-state index contributed by atoms with van der Waals surface area (Å²) in [6, 6.07) is 15.4. The Hall–Kier alpha value is -2.50. The predicted molar refractivity (Wildman–Crippen MR) is 83.3 cm³/mol. The fourth-order valence-electron chi connectivity index (χ4n) is 3.29. The van der Waals surface area contributed by atoms with Crippen LogP contribution >= 0.6 is 0 Å². The maximum Gasteiger partial charge on any atom is 0.419 e. The van der Waals surface area contributed by atoms with Crippen LogP contribution in [0.4, 0.5) is 18.0 Å². The molecule has 1 aliphatic rings. The van der Waals surface area contributed by atoms with Gasteiger partial charge in [-0.15, -0.1) is 0 Å². The molecule has 2 aromatic carbocycles. The molecule has 0 bridgehead atoms. The summed E-state index contributed by atoms with van der Waals surface area (Å²) < 4.78 is 46.6. The van der Waals surface area contributed by atoms with Crippen molar-refractivity contribution in [2.45, 2.75) is 24.7 Å². The number of ether oxygens (including phenoxy) is 1. The van der Waals surface area contributed by atoms with E-state index >= 15 is 0 Å². The van der Waals surface area contributed by atoms with Crippen molar-refractivity contribution >= 4 is 6.09 Å². The molecule has 0 spiro atoms. The van der Waals surface area contributed by atoms with E-state index in [-0.39, 0.29) is 5.56 Å². The third-order valence-corrected chi connectivity index (χ3v) is 4.53. The summed E-state index contributed by atoms with van der Waals surface area (Å²) in [7, 11) is 1.12. The second kappa shape index (κ2) is 5.54. The highest BCUT2D eigenvalue weighted by molar-refractivity contribution is 5.73. The molecule has 1 amide bonds. The van der Waals surface area contributed by atoms with Gasteiger partial charge in [0.05, 0.1) is 0 Å². The molecule has 2 aromatic rings. The predicted octanol–water partition coefficient (Wildman–Crippen LogP) is 4.58. The van der Waals surface area contributed by atoms with Crippen LogP contribution in [0.15, 0.2) is 54.6 Å². The normalized spacial score (nSPS) is 24.1. The minimum absolute atomic E-state index is 0.0180. The molecule has 0 saturated carbocycles. The van der Waals surface area contributed by atoms with Gasteiger partial charge in [0.2, 0.25) is 5.54 Å². The first-order valence-corrected chi connectivity index (χ1v) is 7.45. The SMILES string of the molecule is CC1OC(=O)N(C)C1(c1ccc(-c2ccccc2)cc1)C(F)(F)F. The van der Waals surface area contributed by atoms with Crippen molar-refractivity contribution in [1.82, 2.24) is 4.90 Å². The van der Waals surface area contributed by atoms with Crippen LogP contribution in [0.25, 0.3) is 11.1 Å². The molecule has 0 N–H and O–H groups in total. The fourth-order valence-corrected chi connectivity index (χ4v) is 3.29. The number of carbonyl (C=O) groups is 1. The number of cyclic esters (lactones) is 1. The number of benzene rings is 2. The summed E-state index contributed by atoms with van der Waals surface area (Å²) >= 11 is 0. The first-order chi connectivity index (χ1) is 11.3. The second-order valence-electron chi connectivity index (χ2n) is 5.79. The van der Waals surface area contributed by atoms with Gasteiger partial charge in [0, 0.05) is 7.05 Å². The molecule has 0 aromatic heterocycles. The van der Waals surface area contributed by atoms with Crippen LogP contribution in [0.2, 0.25) is 0 Å². The van der Waals surface area contributed by atoms with Crippen LogP contribution in [0.5, 0.6) is 0 Å². The molecule has 1 saturated heterocycles. The number of rotatable bonds is 2. The lowest BCUT2D eigenvalue weighted by atomic mass is 9.83. The number of halogens is 3. The summed E-state index contributed by atoms with van der Waals surface area (Å²) in [5.74, 6) is 0. The average molecular weight is 335 g/mol. The van der Waals surface area contributed by atoms with Gasteiger partial charge in [0.15, 0.2) is 0 Å². The van der Waals surface area contributed by atoms with E-state index in [0.29, 0.717) is 4.90 Å². The van der Waals surface area contributed by atoms with Crippen LogP contribution in [0, 0.1) is 0 Å². The molecule has 1 aliphatic heterocycles. The Morgan fingerprint density at radius 2 is 1.54 bits per heavy atom. The van der Waals surface area contributed by atoms with Crippen molar-refractivity contribution in [1.29, 1.82) is 0 Å². The Bertz CT molecular complexity index is 743. The van der Waals surface area contributed by atoms with Gasteiger partial charge < -0.3 is 4.74 Å². The monoisotopic (exact) mass is 335 g/mol. The zero-order chi connectivity index (χ0) is 17.5. The highest BCUT2D eigenvalue weighted by atomic mass is 19.4. The highest BCUT2D eigenvalue weighted by Gasteiger charge is 2.68. The third-order valence-electron chi connectivity index (χ3n) is 4.53. The Balaban J connectivity index is 2.09. The van der Waals surface area contributed by atoms with Crippen LogP contribution in [0.1, 0.15) is 12.5 Å². The first-order valence-electron chi connectivity index (χ1n) is 7.45. The van der Waals surface area contributed by atoms with Gasteiger partial charge in [-0.2, -0.15) is 13.2 Å². The molecule has 126 valence electrons. The van der Waals surface area contributed by atoms with Crippen molar-refractivity contribution in [2.24, 2.45) is 0 Å². The van der Waals surface area contributed by atoms with Crippen LogP contribution in [0.3, 0.4) is 0 Å². The molecule has 0 radical (unpaired) electrons. The molecule has 0 aliphatic carbocycles. The molecule has 24 heavy (non-hydrogen) atoms. The second-order valence-corrected chi connectivity index (χ2v) is 5.79. The lowest BCUT2D eigenvalue weighted by Crippen LogP contribution is -2.56. The third kappa shape index (κ3) is 2.25. The molecule has 2 unspecified atom stereocenters. The Labute approximate surface area is 137 Å². The lowest BCUT2D eigenvalue weighted by Gasteiger charge is -2.38. The van der Waals surface area contributed by atoms with Gasteiger partial charge in [-0.1, -0.05) is 54.6 Å². The van der Waals surface area contributed by atoms with E-state index < -0.39 is 23.9 Å². The number of nitrogens with zero attached hydrogens (tertiary/aromatic N) is 1. The summed E-state index contributed by atoms with van der Waals surface area (Å²) in [4.78, 5) is 12.3. The van der Waals surface area contributed by atoms with E-state index in [1.54, 1.807) is 12.1 Å². The summed E-state index contributed by atoms with van der Waals surface area (Å²) in [6.45, 7) is 1.26. The van der Waals surface area contributed by atoms with Crippen LogP contribution < -0.4 is 0 Å². The average Bonchev–Trinajstić information content (AvgIpc) is 2.78. The van der Waals surface area contributed by atoms with Crippen LogP contribution in [-0.2, 0) is 10.3 Å². The van der Waals surface area contributed by atoms with E-state index in [1.807, 2.05) is 30.3 Å². The Morgan fingerprint density at radius 3 is 2.00 bits per heavy atom. The van der Waals surface area contributed by atoms with E-state index in [0.717, 1.165) is 18.2 Å². The van der Waals surface area contributed by atoms with E-state index in [4.69, 9.17) is 4.74 Å². The first kappa shape index (κ1) is 16.4. The molecule has 1 heterocycles. The fraction of sp³-hybridized carbons (Fsp3) is 0.278. The number of likely N-dealkylation sites (N-methyl/N-ethyl adjacent to an activating group) is 1. The number of hydrogen-bond acceptors (Lipinski definition) is 2. The van der Waals surface area contributed by atoms with Gasteiger partial charge in [0.1, 0.15) is 6.10 Å². The summed E-state index contributed by atoms with van der Waals surface area (Å²) in [5.41, 5.74) is -0.794. The maximum absolute atomic E-state index is 13.9. The maximum atomic E-state index is 13.9. The van der Waals surface area contributed by atoms with Crippen molar-refractivity contribution < 1.29 is 22.7 Å². The minimum Gasteiger partial charge on any atom is -0.443 e. The largest absolute Gasteiger partial charge is 0.443 e. The van der Waals surface area contributed by atoms with Gasteiger partial charge in [-0.25, -0.2) is 4.79 Å². The number of carbonyl (C=O) groups excluding carboxylic acids is 1. The molecular formula is C18H16F3NO2. The van der Waals surface area contributed by atoms with E-state index in [9.17, 15) is 18.0 Å². The standard InChI is InChI=1S/C18H16F3NO2/c1-12-17(18(19,20)21,22(2)16(23)24-12)15-10-8-14(9-11-15)13-6-4-3-5-7-13/h3-12H,1-2H3. The topological polar surface area (TPSA) is 29.5 Å². The van der Waals surface area contributed by atoms with Gasteiger partial charge in [0.25, 0.3) is 0 Å². The number of amides is 1. The summed E-state index contributed by atoms with van der Waals surface area (Å²) in [6.07, 6.45) is -6.98. The smallest absolute Gasteiger partial charge is 0.419 e. The molecule has 1 fully saturated rings. The minimum atomic E-state index is -4.67. The van der Waals surface area contributed by atoms with Gasteiger partial charge in [-0.05, 0) is 23.6 Å². The highest BCUT2D eigenvalue weighted by Crippen LogP contribution is 2.50. The number of hydrogen-bond donors (Lipinski definition) is 0. The van der Waals surface area contributed by atoms with Crippen LogP contribution in [-0.4, -0.2) is 30.3 Å². The lowest BCUT2D eigenvalue weighted by molar-refractivity contribution is -0.230. The molecule has 3 nitrogen and oxygen atoms in total.